The van der Waals surface area contributed by atoms with Crippen LogP contribution < -0.4 is 0 Å². The fourth-order valence-electron chi connectivity index (χ4n) is 3.16. The molecule has 2 aromatic heterocycles. The molecular formula is C20H24N4O3S. The van der Waals surface area contributed by atoms with Crippen LogP contribution in [-0.4, -0.2) is 32.6 Å². The van der Waals surface area contributed by atoms with Crippen LogP contribution in [-0.2, 0) is 6.54 Å². The van der Waals surface area contributed by atoms with Gasteiger partial charge in [-0.15, -0.1) is 11.3 Å². The predicted octanol–water partition coefficient (Wildman–Crippen LogP) is 4.80. The van der Waals surface area contributed by atoms with Gasteiger partial charge in [-0.2, -0.15) is 5.10 Å². The van der Waals surface area contributed by atoms with Crippen molar-refractivity contribution in [2.24, 2.45) is 5.92 Å². The molecule has 0 spiro atoms. The van der Waals surface area contributed by atoms with E-state index < -0.39 is 4.92 Å². The molecule has 7 nitrogen and oxygen atoms in total. The van der Waals surface area contributed by atoms with Crippen molar-refractivity contribution in [3.63, 3.8) is 0 Å². The number of aryl methyl sites for hydroxylation is 1. The summed E-state index contributed by atoms with van der Waals surface area (Å²) in [5, 5.41) is 16.6. The van der Waals surface area contributed by atoms with E-state index in [2.05, 4.69) is 18.9 Å². The molecule has 0 aliphatic rings. The van der Waals surface area contributed by atoms with E-state index in [1.54, 1.807) is 24.1 Å². The number of nitrogens with zero attached hydrogens (tertiary/aromatic N) is 4. The van der Waals surface area contributed by atoms with Gasteiger partial charge in [-0.1, -0.05) is 26.0 Å². The van der Waals surface area contributed by atoms with Crippen molar-refractivity contribution < 1.29 is 9.72 Å². The van der Waals surface area contributed by atoms with E-state index in [-0.39, 0.29) is 17.6 Å². The van der Waals surface area contributed by atoms with E-state index >= 15 is 0 Å². The van der Waals surface area contributed by atoms with Gasteiger partial charge >= 0.3 is 0 Å². The molecule has 2 heterocycles. The minimum absolute atomic E-state index is 0.0245. The number of non-ortho nitro benzene ring substituents is 1. The lowest BCUT2D eigenvalue weighted by molar-refractivity contribution is -0.384. The zero-order chi connectivity index (χ0) is 20.6. The molecule has 0 N–H and O–H groups in total. The molecule has 0 saturated heterocycles. The summed E-state index contributed by atoms with van der Waals surface area (Å²) in [6, 6.07) is 8.03. The van der Waals surface area contributed by atoms with Crippen molar-refractivity contribution >= 4 is 33.1 Å². The monoisotopic (exact) mass is 400 g/mol. The van der Waals surface area contributed by atoms with Crippen molar-refractivity contribution in [3.05, 3.63) is 56.6 Å². The zero-order valence-corrected chi connectivity index (χ0v) is 17.5. The first-order valence-corrected chi connectivity index (χ1v) is 9.99. The van der Waals surface area contributed by atoms with Gasteiger partial charge in [0.15, 0.2) is 0 Å². The quantitative estimate of drug-likeness (QED) is 0.439. The van der Waals surface area contributed by atoms with Gasteiger partial charge in [0.05, 0.1) is 21.5 Å². The van der Waals surface area contributed by atoms with Crippen molar-refractivity contribution in [1.82, 2.24) is 14.7 Å². The second-order valence-corrected chi connectivity index (χ2v) is 8.47. The molecule has 28 heavy (non-hydrogen) atoms. The Kier molecular flexibility index (Phi) is 5.51. The van der Waals surface area contributed by atoms with Gasteiger partial charge in [-0.25, -0.2) is 0 Å². The highest BCUT2D eigenvalue weighted by Gasteiger charge is 2.24. The first kappa shape index (κ1) is 20.0. The third-order valence-electron chi connectivity index (χ3n) is 4.82. The summed E-state index contributed by atoms with van der Waals surface area (Å²) in [5.74, 6) is 0.357. The van der Waals surface area contributed by atoms with Gasteiger partial charge in [-0.3, -0.25) is 19.6 Å². The summed E-state index contributed by atoms with van der Waals surface area (Å²) in [6.07, 6.45) is 0. The summed E-state index contributed by atoms with van der Waals surface area (Å²) >= 11 is 1.44. The van der Waals surface area contributed by atoms with Crippen LogP contribution in [0.5, 0.6) is 0 Å². The SMILES string of the molecule is Cc1nn(CC(C)C)c2sc(C(=O)N(C)C(C)c3cccc([N+](=O)[O-])c3)cc12. The molecule has 0 bridgehead atoms. The molecule has 1 aromatic carbocycles. The number of thiophene rings is 1. The normalized spacial score (nSPS) is 12.5. The van der Waals surface area contributed by atoms with Crippen LogP contribution in [0.2, 0.25) is 0 Å². The van der Waals surface area contributed by atoms with E-state index in [0.717, 1.165) is 28.0 Å². The number of carbonyl (C=O) groups excluding carboxylic acids is 1. The average Bonchev–Trinajstić information content (AvgIpc) is 3.21. The Morgan fingerprint density at radius 2 is 2.04 bits per heavy atom. The Bertz CT molecular complexity index is 1040. The molecule has 0 fully saturated rings. The molecule has 0 aliphatic heterocycles. The first-order chi connectivity index (χ1) is 13.2. The smallest absolute Gasteiger partial charge is 0.269 e. The number of hydrogen-bond acceptors (Lipinski definition) is 5. The number of amides is 1. The average molecular weight is 401 g/mol. The van der Waals surface area contributed by atoms with Crippen molar-refractivity contribution in [2.75, 3.05) is 7.05 Å². The summed E-state index contributed by atoms with van der Waals surface area (Å²) in [5.41, 5.74) is 1.67. The van der Waals surface area contributed by atoms with E-state index in [1.807, 2.05) is 24.6 Å². The Balaban J connectivity index is 1.88. The second-order valence-electron chi connectivity index (χ2n) is 7.43. The third kappa shape index (κ3) is 3.77. The van der Waals surface area contributed by atoms with Crippen LogP contribution in [0.25, 0.3) is 10.2 Å². The van der Waals surface area contributed by atoms with E-state index in [4.69, 9.17) is 0 Å². The van der Waals surface area contributed by atoms with Crippen LogP contribution in [0.1, 0.15) is 47.7 Å². The summed E-state index contributed by atoms with van der Waals surface area (Å²) < 4.78 is 1.97. The highest BCUT2D eigenvalue weighted by Crippen LogP contribution is 2.31. The maximum atomic E-state index is 13.1. The molecule has 1 atom stereocenters. The lowest BCUT2D eigenvalue weighted by Gasteiger charge is -2.24. The Labute approximate surface area is 167 Å². The molecular weight excluding hydrogens is 376 g/mol. The van der Waals surface area contributed by atoms with Gasteiger partial charge < -0.3 is 4.90 Å². The first-order valence-electron chi connectivity index (χ1n) is 9.17. The molecule has 3 aromatic rings. The van der Waals surface area contributed by atoms with E-state index in [1.165, 1.54) is 23.5 Å². The number of carbonyl (C=O) groups is 1. The fraction of sp³-hybridized carbons (Fsp3) is 0.400. The van der Waals surface area contributed by atoms with Crippen LogP contribution in [0.3, 0.4) is 0 Å². The van der Waals surface area contributed by atoms with Gasteiger partial charge in [0.25, 0.3) is 11.6 Å². The molecule has 0 aliphatic carbocycles. The number of aromatic nitrogens is 2. The topological polar surface area (TPSA) is 81.3 Å². The molecule has 3 rings (SSSR count). The highest BCUT2D eigenvalue weighted by molar-refractivity contribution is 7.20. The summed E-state index contributed by atoms with van der Waals surface area (Å²) in [4.78, 5) is 26.9. The summed E-state index contributed by atoms with van der Waals surface area (Å²) in [6.45, 7) is 8.90. The third-order valence-corrected chi connectivity index (χ3v) is 5.96. The molecule has 0 saturated carbocycles. The lowest BCUT2D eigenvalue weighted by Crippen LogP contribution is -2.29. The number of benzene rings is 1. The molecule has 1 unspecified atom stereocenters. The number of hydrogen-bond donors (Lipinski definition) is 0. The van der Waals surface area contributed by atoms with Crippen LogP contribution in [0.15, 0.2) is 30.3 Å². The Morgan fingerprint density at radius 3 is 2.68 bits per heavy atom. The van der Waals surface area contributed by atoms with Crippen molar-refractivity contribution in [2.45, 2.75) is 40.3 Å². The lowest BCUT2D eigenvalue weighted by atomic mass is 10.1. The van der Waals surface area contributed by atoms with E-state index in [0.29, 0.717) is 10.8 Å². The Morgan fingerprint density at radius 1 is 1.32 bits per heavy atom. The van der Waals surface area contributed by atoms with Gasteiger partial charge in [0.2, 0.25) is 0 Å². The molecule has 148 valence electrons. The van der Waals surface area contributed by atoms with Gasteiger partial charge in [0, 0.05) is 31.1 Å². The minimum atomic E-state index is -0.423. The van der Waals surface area contributed by atoms with Crippen LogP contribution in [0, 0.1) is 23.0 Å². The number of nitro groups is 1. The molecule has 0 radical (unpaired) electrons. The maximum Gasteiger partial charge on any atom is 0.269 e. The second kappa shape index (κ2) is 7.71. The minimum Gasteiger partial charge on any atom is -0.334 e. The highest BCUT2D eigenvalue weighted by atomic mass is 32.1. The predicted molar refractivity (Wildman–Crippen MR) is 111 cm³/mol. The fourth-order valence-corrected chi connectivity index (χ4v) is 4.31. The molecule has 1 amide bonds. The number of rotatable bonds is 6. The van der Waals surface area contributed by atoms with Crippen molar-refractivity contribution in [3.8, 4) is 0 Å². The Hall–Kier alpha value is -2.74. The zero-order valence-electron chi connectivity index (χ0n) is 16.7. The molecule has 8 heteroatoms. The standard InChI is InChI=1S/C20H24N4O3S/c1-12(2)11-23-20-17(13(3)21-23)10-18(28-20)19(25)22(5)14(4)15-7-6-8-16(9-15)24(26)27/h6-10,12,14H,11H2,1-5H3. The number of nitro benzene ring substituents is 1. The largest absolute Gasteiger partial charge is 0.334 e. The maximum absolute atomic E-state index is 13.1. The van der Waals surface area contributed by atoms with Crippen LogP contribution in [0.4, 0.5) is 5.69 Å². The van der Waals surface area contributed by atoms with Crippen molar-refractivity contribution in [1.29, 1.82) is 0 Å². The van der Waals surface area contributed by atoms with Gasteiger partial charge in [-0.05, 0) is 31.4 Å². The summed E-state index contributed by atoms with van der Waals surface area (Å²) in [7, 11) is 1.73. The van der Waals surface area contributed by atoms with Crippen LogP contribution >= 0.6 is 11.3 Å². The van der Waals surface area contributed by atoms with E-state index in [9.17, 15) is 14.9 Å². The van der Waals surface area contributed by atoms with Gasteiger partial charge in [0.1, 0.15) is 4.83 Å². The number of fused-ring (bicyclic) bond motifs is 1.